The Labute approximate surface area is 258 Å². The molecular weight excluding hydrogens is 560 g/mol. The van der Waals surface area contributed by atoms with E-state index in [1.807, 2.05) is 51.1 Å². The standard InChI is InChI=1S/C34H39ClN6O2/c1-9-28(42)39-17-23(8)40(18-22(39)7)32-26-16-27(35)30(25-13-11-10-12-24(25)19(2)3)37-33(26)41(34(43)38-32)31-21(6)14-15-36-29(31)20(4)5/h9-16,19-20,22-23H,1,17-18H2,2-8H3. The lowest BCUT2D eigenvalue weighted by molar-refractivity contribution is -0.128. The number of amides is 1. The number of aromatic nitrogens is 4. The second kappa shape index (κ2) is 11.9. The number of carbonyl (C=O) groups excluding carboxylic acids is 1. The summed E-state index contributed by atoms with van der Waals surface area (Å²) in [4.78, 5) is 45.1. The van der Waals surface area contributed by atoms with Gasteiger partial charge in [0.2, 0.25) is 5.91 Å². The minimum atomic E-state index is -0.442. The lowest BCUT2D eigenvalue weighted by Crippen LogP contribution is -2.58. The molecule has 1 aliphatic heterocycles. The summed E-state index contributed by atoms with van der Waals surface area (Å²) in [6, 6.07) is 11.7. The van der Waals surface area contributed by atoms with Crippen LogP contribution in [0.2, 0.25) is 5.02 Å². The first-order chi connectivity index (χ1) is 20.4. The minimum absolute atomic E-state index is 0.0568. The number of hydrogen-bond acceptors (Lipinski definition) is 6. The first kappa shape index (κ1) is 30.4. The molecule has 1 aliphatic rings. The van der Waals surface area contributed by atoms with E-state index in [-0.39, 0.29) is 29.8 Å². The number of halogens is 1. The predicted molar refractivity (Wildman–Crippen MR) is 174 cm³/mol. The van der Waals surface area contributed by atoms with Crippen molar-refractivity contribution in [3.8, 4) is 16.9 Å². The number of aryl methyl sites for hydroxylation is 1. The van der Waals surface area contributed by atoms with Gasteiger partial charge in [0.15, 0.2) is 5.65 Å². The summed E-state index contributed by atoms with van der Waals surface area (Å²) in [6.07, 6.45) is 3.11. The third-order valence-corrected chi connectivity index (χ3v) is 8.57. The molecule has 8 nitrogen and oxygen atoms in total. The third-order valence-electron chi connectivity index (χ3n) is 8.28. The molecule has 1 aromatic carbocycles. The Morgan fingerprint density at radius 3 is 2.44 bits per heavy atom. The molecule has 0 saturated carbocycles. The first-order valence-corrected chi connectivity index (χ1v) is 15.2. The Morgan fingerprint density at radius 1 is 1.05 bits per heavy atom. The van der Waals surface area contributed by atoms with Crippen LogP contribution in [0.15, 0.2) is 60.0 Å². The molecule has 1 fully saturated rings. The first-order valence-electron chi connectivity index (χ1n) is 14.8. The number of fused-ring (bicyclic) bond motifs is 1. The minimum Gasteiger partial charge on any atom is -0.349 e. The quantitative estimate of drug-likeness (QED) is 0.231. The van der Waals surface area contributed by atoms with Gasteiger partial charge < -0.3 is 9.80 Å². The van der Waals surface area contributed by atoms with Gasteiger partial charge in [-0.25, -0.2) is 14.3 Å². The van der Waals surface area contributed by atoms with Crippen LogP contribution in [-0.4, -0.2) is 55.5 Å². The fraction of sp³-hybridized carbons (Fsp3) is 0.382. The number of benzene rings is 1. The Kier molecular flexibility index (Phi) is 8.43. The summed E-state index contributed by atoms with van der Waals surface area (Å²) in [5, 5.41) is 1.14. The van der Waals surface area contributed by atoms with Crippen LogP contribution < -0.4 is 10.6 Å². The molecule has 0 bridgehead atoms. The molecular formula is C34H39ClN6O2. The highest BCUT2D eigenvalue weighted by Gasteiger charge is 2.34. The van der Waals surface area contributed by atoms with Gasteiger partial charge in [-0.3, -0.25) is 9.78 Å². The smallest absolute Gasteiger partial charge is 0.349 e. The fourth-order valence-corrected chi connectivity index (χ4v) is 6.32. The topological polar surface area (TPSA) is 84.2 Å². The molecule has 2 atom stereocenters. The summed E-state index contributed by atoms with van der Waals surface area (Å²) < 4.78 is 1.60. The van der Waals surface area contributed by atoms with E-state index in [4.69, 9.17) is 21.6 Å². The summed E-state index contributed by atoms with van der Waals surface area (Å²) in [5.41, 5.74) is 5.05. The zero-order valence-corrected chi connectivity index (χ0v) is 26.7. The van der Waals surface area contributed by atoms with E-state index < -0.39 is 5.69 Å². The van der Waals surface area contributed by atoms with Gasteiger partial charge in [0.05, 0.1) is 27.5 Å². The Balaban J connectivity index is 1.84. The average Bonchev–Trinajstić information content (AvgIpc) is 2.97. The van der Waals surface area contributed by atoms with Crippen molar-refractivity contribution in [1.29, 1.82) is 0 Å². The van der Waals surface area contributed by atoms with Gasteiger partial charge in [-0.05, 0) is 61.9 Å². The van der Waals surface area contributed by atoms with Gasteiger partial charge in [0.1, 0.15) is 5.82 Å². The van der Waals surface area contributed by atoms with E-state index in [2.05, 4.69) is 50.2 Å². The predicted octanol–water partition coefficient (Wildman–Crippen LogP) is 6.66. The molecule has 4 heterocycles. The van der Waals surface area contributed by atoms with Crippen molar-refractivity contribution in [2.75, 3.05) is 18.0 Å². The highest BCUT2D eigenvalue weighted by atomic mass is 35.5. The van der Waals surface area contributed by atoms with Crippen molar-refractivity contribution in [2.24, 2.45) is 0 Å². The number of pyridine rings is 2. The number of piperazine rings is 1. The van der Waals surface area contributed by atoms with Crippen LogP contribution in [0.3, 0.4) is 0 Å². The molecule has 0 N–H and O–H groups in total. The molecule has 0 spiro atoms. The van der Waals surface area contributed by atoms with Crippen LogP contribution in [0.1, 0.15) is 70.2 Å². The highest BCUT2D eigenvalue weighted by Crippen LogP contribution is 2.38. The monoisotopic (exact) mass is 598 g/mol. The zero-order chi connectivity index (χ0) is 31.2. The van der Waals surface area contributed by atoms with Crippen molar-refractivity contribution in [1.82, 2.24) is 24.4 Å². The van der Waals surface area contributed by atoms with Gasteiger partial charge in [0.25, 0.3) is 0 Å². The van der Waals surface area contributed by atoms with Crippen LogP contribution >= 0.6 is 11.6 Å². The maximum atomic E-state index is 14.2. The van der Waals surface area contributed by atoms with Gasteiger partial charge in [0, 0.05) is 36.9 Å². The number of rotatable bonds is 6. The van der Waals surface area contributed by atoms with Crippen LogP contribution in [0, 0.1) is 6.92 Å². The number of nitrogens with zero attached hydrogens (tertiary/aromatic N) is 6. The molecule has 3 aromatic heterocycles. The second-order valence-corrected chi connectivity index (χ2v) is 12.5. The Bertz CT molecular complexity index is 1780. The van der Waals surface area contributed by atoms with E-state index in [0.29, 0.717) is 46.3 Å². The largest absolute Gasteiger partial charge is 0.355 e. The van der Waals surface area contributed by atoms with Gasteiger partial charge in [-0.1, -0.05) is 70.1 Å². The number of anilines is 1. The second-order valence-electron chi connectivity index (χ2n) is 12.0. The summed E-state index contributed by atoms with van der Waals surface area (Å²) in [6.45, 7) is 19.0. The van der Waals surface area contributed by atoms with Gasteiger partial charge >= 0.3 is 5.69 Å². The molecule has 43 heavy (non-hydrogen) atoms. The lowest BCUT2D eigenvalue weighted by atomic mass is 9.95. The van der Waals surface area contributed by atoms with Crippen molar-refractivity contribution in [2.45, 2.75) is 72.4 Å². The molecule has 4 aromatic rings. The Hall–Kier alpha value is -4.04. The van der Waals surface area contributed by atoms with Crippen LogP contribution in [0.4, 0.5) is 5.82 Å². The van der Waals surface area contributed by atoms with E-state index >= 15 is 0 Å². The van der Waals surface area contributed by atoms with Crippen LogP contribution in [0.25, 0.3) is 28.0 Å². The van der Waals surface area contributed by atoms with Gasteiger partial charge in [-0.2, -0.15) is 4.98 Å². The average molecular weight is 599 g/mol. The van der Waals surface area contributed by atoms with Crippen molar-refractivity contribution in [3.63, 3.8) is 0 Å². The Morgan fingerprint density at radius 2 is 1.77 bits per heavy atom. The van der Waals surface area contributed by atoms with Gasteiger partial charge in [-0.15, -0.1) is 0 Å². The molecule has 5 rings (SSSR count). The summed E-state index contributed by atoms with van der Waals surface area (Å²) >= 11 is 7.05. The number of carbonyl (C=O) groups is 1. The zero-order valence-electron chi connectivity index (χ0n) is 25.9. The van der Waals surface area contributed by atoms with Crippen LogP contribution in [0.5, 0.6) is 0 Å². The lowest BCUT2D eigenvalue weighted by Gasteiger charge is -2.44. The fourth-order valence-electron chi connectivity index (χ4n) is 6.06. The molecule has 9 heteroatoms. The molecule has 0 radical (unpaired) electrons. The van der Waals surface area contributed by atoms with Crippen LogP contribution in [-0.2, 0) is 4.79 Å². The van der Waals surface area contributed by atoms with Crippen molar-refractivity contribution < 1.29 is 4.79 Å². The molecule has 0 aliphatic carbocycles. The van der Waals surface area contributed by atoms with E-state index in [9.17, 15) is 9.59 Å². The van der Waals surface area contributed by atoms with Crippen molar-refractivity contribution >= 4 is 34.4 Å². The normalized spacial score (nSPS) is 17.3. The number of hydrogen-bond donors (Lipinski definition) is 0. The van der Waals surface area contributed by atoms with E-state index in [1.54, 1.807) is 15.7 Å². The third kappa shape index (κ3) is 5.44. The maximum absolute atomic E-state index is 14.2. The summed E-state index contributed by atoms with van der Waals surface area (Å²) in [7, 11) is 0. The summed E-state index contributed by atoms with van der Waals surface area (Å²) in [5.74, 6) is 0.692. The molecule has 224 valence electrons. The van der Waals surface area contributed by atoms with E-state index in [0.717, 1.165) is 22.4 Å². The molecule has 1 saturated heterocycles. The van der Waals surface area contributed by atoms with E-state index in [1.165, 1.54) is 6.08 Å². The van der Waals surface area contributed by atoms with Crippen molar-refractivity contribution in [3.05, 3.63) is 87.6 Å². The maximum Gasteiger partial charge on any atom is 0.355 e. The molecule has 1 amide bonds. The highest BCUT2D eigenvalue weighted by molar-refractivity contribution is 6.34. The SMILES string of the molecule is C=CC(=O)N1CC(C)N(c2nc(=O)n(-c3c(C)ccnc3C(C)C)c3nc(-c4ccccc4C(C)C)c(Cl)cc23)CC1C. The molecule has 2 unspecified atom stereocenters.